The number of phosphoric ester groups is 1. The minimum Gasteiger partial charge on any atom is -0.463 e. The van der Waals surface area contributed by atoms with Gasteiger partial charge in [-0.25, -0.2) is 4.57 Å². The van der Waals surface area contributed by atoms with Gasteiger partial charge in [0.1, 0.15) is 12.7 Å². The van der Waals surface area contributed by atoms with Crippen LogP contribution in [0.15, 0.2) is 48.6 Å². The van der Waals surface area contributed by atoms with E-state index in [1.807, 2.05) is 0 Å². The number of carbonyl (C=O) groups is 2. The number of nitrogens with one attached hydrogen (secondary N) is 1. The number of unbranched alkanes of at least 4 members (excludes halogenated alkanes) is 24. The molecule has 0 saturated carbocycles. The summed E-state index contributed by atoms with van der Waals surface area (Å²) in [4.78, 5) is 34.0. The van der Waals surface area contributed by atoms with Crippen molar-refractivity contribution in [1.82, 2.24) is 5.32 Å². The molecule has 0 aromatic rings. The zero-order chi connectivity index (χ0) is 43.2. The summed E-state index contributed by atoms with van der Waals surface area (Å²) in [6, 6.07) is 0. The van der Waals surface area contributed by atoms with Crippen molar-refractivity contribution in [2.24, 2.45) is 0 Å². The molecule has 0 fully saturated rings. The van der Waals surface area contributed by atoms with Crippen LogP contribution in [-0.4, -0.2) is 54.3 Å². The molecule has 0 saturated heterocycles. The van der Waals surface area contributed by atoms with Gasteiger partial charge in [0.15, 0.2) is 0 Å². The Balaban J connectivity index is 3.60. The van der Waals surface area contributed by atoms with Gasteiger partial charge in [-0.3, -0.25) is 18.6 Å². The van der Waals surface area contributed by atoms with E-state index in [1.54, 1.807) is 0 Å². The molecule has 0 aliphatic heterocycles. The van der Waals surface area contributed by atoms with Crippen LogP contribution in [0.1, 0.15) is 219 Å². The van der Waals surface area contributed by atoms with E-state index in [0.29, 0.717) is 6.42 Å². The largest absolute Gasteiger partial charge is 0.472 e. The van der Waals surface area contributed by atoms with Crippen LogP contribution in [0, 0.1) is 0 Å². The van der Waals surface area contributed by atoms with Crippen molar-refractivity contribution < 1.29 is 37.9 Å². The quantitative estimate of drug-likeness (QED) is 0.0239. The lowest BCUT2D eigenvalue weighted by molar-refractivity contribution is -0.147. The third-order valence-electron chi connectivity index (χ3n) is 10.2. The van der Waals surface area contributed by atoms with Gasteiger partial charge < -0.3 is 20.1 Å². The lowest BCUT2D eigenvalue weighted by atomic mass is 10.1. The van der Waals surface area contributed by atoms with Crippen LogP contribution < -0.4 is 5.32 Å². The first-order valence-corrected chi connectivity index (χ1v) is 25.6. The molecule has 2 unspecified atom stereocenters. The minimum absolute atomic E-state index is 0.0733. The molecule has 59 heavy (non-hydrogen) atoms. The molecule has 0 radical (unpaired) electrons. The van der Waals surface area contributed by atoms with Crippen molar-refractivity contribution in [1.29, 1.82) is 0 Å². The van der Waals surface area contributed by atoms with Crippen molar-refractivity contribution in [3.8, 4) is 0 Å². The zero-order valence-corrected chi connectivity index (χ0v) is 38.8. The molecular weight excluding hydrogens is 762 g/mol. The van der Waals surface area contributed by atoms with Gasteiger partial charge in [-0.2, -0.15) is 0 Å². The second-order valence-electron chi connectivity index (χ2n) is 16.1. The lowest BCUT2D eigenvalue weighted by Gasteiger charge is -2.15. The fourth-order valence-electron chi connectivity index (χ4n) is 6.56. The van der Waals surface area contributed by atoms with Crippen molar-refractivity contribution >= 4 is 19.7 Å². The van der Waals surface area contributed by atoms with Gasteiger partial charge in [0.2, 0.25) is 5.91 Å². The van der Waals surface area contributed by atoms with E-state index < -0.39 is 26.5 Å². The van der Waals surface area contributed by atoms with Crippen LogP contribution in [-0.2, 0) is 27.9 Å². The van der Waals surface area contributed by atoms with Crippen molar-refractivity contribution in [3.05, 3.63) is 48.6 Å². The maximum atomic E-state index is 12.1. The third-order valence-corrected chi connectivity index (χ3v) is 11.2. The first-order valence-electron chi connectivity index (χ1n) is 24.1. The number of allylic oxidation sites excluding steroid dienone is 8. The summed E-state index contributed by atoms with van der Waals surface area (Å²) < 4.78 is 26.9. The number of carbonyl (C=O) groups excluding carboxylic acids is 2. The van der Waals surface area contributed by atoms with Crippen LogP contribution in [0.4, 0.5) is 0 Å². The Hall–Kier alpha value is -2.03. The highest BCUT2D eigenvalue weighted by molar-refractivity contribution is 7.47. The summed E-state index contributed by atoms with van der Waals surface area (Å²) in [5.74, 6) is -0.529. The normalized spacial score (nSPS) is 13.6. The predicted octanol–water partition coefficient (Wildman–Crippen LogP) is 13.9. The van der Waals surface area contributed by atoms with E-state index in [2.05, 4.69) is 67.8 Å². The second-order valence-corrected chi connectivity index (χ2v) is 17.5. The van der Waals surface area contributed by atoms with Crippen LogP contribution in [0.2, 0.25) is 0 Å². The zero-order valence-electron chi connectivity index (χ0n) is 37.9. The molecule has 0 aliphatic carbocycles. The third kappa shape index (κ3) is 46.9. The van der Waals surface area contributed by atoms with Gasteiger partial charge in [-0.05, 0) is 77.0 Å². The van der Waals surface area contributed by atoms with Crippen LogP contribution in [0.5, 0.6) is 0 Å². The van der Waals surface area contributed by atoms with E-state index in [1.165, 1.54) is 128 Å². The average Bonchev–Trinajstić information content (AvgIpc) is 3.22. The Bertz CT molecular complexity index is 1110. The molecule has 2 atom stereocenters. The summed E-state index contributed by atoms with van der Waals surface area (Å²) in [5, 5.41) is 12.7. The molecule has 1 amide bonds. The number of amides is 1. The standard InChI is InChI=1S/C49H90NO8P/c1-3-5-7-9-11-13-15-17-19-21-23-25-27-29-31-33-35-37-39-41-48(52)50-43-44-57-59(54,55)58-46-47(51)45-56-49(53)42-40-38-36-34-32-30-28-26-24-22-20-18-16-14-12-10-8-6-4-2/h11,13,17-20,23,25,47,51H,3-10,12,14-16,21-22,24,26-46H2,1-2H3,(H,50,52)(H,54,55)/b13-11-,19-17-,20-18+,25-23-. The van der Waals surface area contributed by atoms with Crippen LogP contribution in [0.3, 0.4) is 0 Å². The number of aliphatic hydroxyl groups excluding tert-OH is 1. The predicted molar refractivity (Wildman–Crippen MR) is 247 cm³/mol. The maximum absolute atomic E-state index is 12.1. The molecule has 0 rings (SSSR count). The molecular formula is C49H90NO8P. The van der Waals surface area contributed by atoms with E-state index in [9.17, 15) is 24.2 Å². The topological polar surface area (TPSA) is 131 Å². The second kappa shape index (κ2) is 45.5. The molecule has 0 aliphatic rings. The monoisotopic (exact) mass is 852 g/mol. The van der Waals surface area contributed by atoms with Crippen molar-refractivity contribution in [2.75, 3.05) is 26.4 Å². The first kappa shape index (κ1) is 57.0. The van der Waals surface area contributed by atoms with E-state index in [-0.39, 0.29) is 32.1 Å². The molecule has 0 aromatic carbocycles. The van der Waals surface area contributed by atoms with Gasteiger partial charge in [-0.15, -0.1) is 0 Å². The molecule has 9 nitrogen and oxygen atoms in total. The molecule has 0 bridgehead atoms. The highest BCUT2D eigenvalue weighted by atomic mass is 31.2. The Labute approximate surface area is 362 Å². The van der Waals surface area contributed by atoms with Gasteiger partial charge in [-0.1, -0.05) is 178 Å². The van der Waals surface area contributed by atoms with Gasteiger partial charge >= 0.3 is 13.8 Å². The number of phosphoric acid groups is 1. The number of rotatable bonds is 45. The maximum Gasteiger partial charge on any atom is 0.472 e. The summed E-state index contributed by atoms with van der Waals surface area (Å²) in [7, 11) is -4.43. The highest BCUT2D eigenvalue weighted by Crippen LogP contribution is 2.42. The molecule has 0 spiro atoms. The number of hydrogen-bond donors (Lipinski definition) is 3. The minimum atomic E-state index is -4.43. The van der Waals surface area contributed by atoms with E-state index >= 15 is 0 Å². The van der Waals surface area contributed by atoms with Crippen molar-refractivity contribution in [3.63, 3.8) is 0 Å². The van der Waals surface area contributed by atoms with Crippen molar-refractivity contribution in [2.45, 2.75) is 225 Å². The summed E-state index contributed by atoms with van der Waals surface area (Å²) in [5.41, 5.74) is 0. The molecule has 10 heteroatoms. The van der Waals surface area contributed by atoms with Gasteiger partial charge in [0.25, 0.3) is 0 Å². The SMILES string of the molecule is CCCCC/C=C\C/C=C\C/C=C\CCCCCCCCC(=O)NCCOP(=O)(O)OCC(O)COC(=O)CCCCCCCCCCC/C=C/CCCCCCCC. The Morgan fingerprint density at radius 3 is 1.42 bits per heavy atom. The lowest BCUT2D eigenvalue weighted by Crippen LogP contribution is -2.27. The van der Waals surface area contributed by atoms with E-state index in [4.69, 9.17) is 13.8 Å². The fourth-order valence-corrected chi connectivity index (χ4v) is 7.32. The first-order chi connectivity index (χ1) is 28.8. The van der Waals surface area contributed by atoms with E-state index in [0.717, 1.165) is 64.2 Å². The number of aliphatic hydroxyl groups is 1. The highest BCUT2D eigenvalue weighted by Gasteiger charge is 2.23. The van der Waals surface area contributed by atoms with Gasteiger partial charge in [0, 0.05) is 19.4 Å². The van der Waals surface area contributed by atoms with Crippen LogP contribution >= 0.6 is 7.82 Å². The van der Waals surface area contributed by atoms with Crippen LogP contribution in [0.25, 0.3) is 0 Å². The Kier molecular flexibility index (Phi) is 43.9. The average molecular weight is 852 g/mol. The number of esters is 1. The summed E-state index contributed by atoms with van der Waals surface area (Å²) in [6.45, 7) is 3.52. The molecule has 344 valence electrons. The Morgan fingerprint density at radius 1 is 0.525 bits per heavy atom. The molecule has 0 heterocycles. The number of ether oxygens (including phenoxy) is 1. The summed E-state index contributed by atoms with van der Waals surface area (Å²) in [6.07, 6.45) is 53.2. The smallest absolute Gasteiger partial charge is 0.463 e. The Morgan fingerprint density at radius 2 is 0.915 bits per heavy atom. The fraction of sp³-hybridized carbons (Fsp3) is 0.796. The molecule has 0 aromatic heterocycles. The van der Waals surface area contributed by atoms with Gasteiger partial charge in [0.05, 0.1) is 13.2 Å². The number of hydrogen-bond acceptors (Lipinski definition) is 7. The summed E-state index contributed by atoms with van der Waals surface area (Å²) >= 11 is 0. The molecule has 3 N–H and O–H groups in total.